The van der Waals surface area contributed by atoms with Crippen LogP contribution < -0.4 is 5.32 Å². The molecule has 1 aromatic carbocycles. The SMILES string of the molecule is C=CCn1c(SCC(=O)N(CC)CC(=O)NCc2cccs2)nnc1-c1ccc(Cl)cc1. The van der Waals surface area contributed by atoms with Crippen LogP contribution in [0.1, 0.15) is 11.8 Å². The summed E-state index contributed by atoms with van der Waals surface area (Å²) < 4.78 is 1.90. The number of benzene rings is 1. The van der Waals surface area contributed by atoms with E-state index in [1.54, 1.807) is 29.5 Å². The minimum Gasteiger partial charge on any atom is -0.350 e. The van der Waals surface area contributed by atoms with Gasteiger partial charge < -0.3 is 10.2 Å². The van der Waals surface area contributed by atoms with Crippen molar-refractivity contribution in [2.45, 2.75) is 25.2 Å². The van der Waals surface area contributed by atoms with Crippen molar-refractivity contribution in [3.05, 3.63) is 64.3 Å². The van der Waals surface area contributed by atoms with Gasteiger partial charge in [-0.25, -0.2) is 0 Å². The number of hydrogen-bond donors (Lipinski definition) is 1. The van der Waals surface area contributed by atoms with Gasteiger partial charge in [0.25, 0.3) is 0 Å². The Morgan fingerprint density at radius 3 is 2.72 bits per heavy atom. The third-order valence-electron chi connectivity index (χ3n) is 4.56. The van der Waals surface area contributed by atoms with Crippen molar-refractivity contribution in [2.24, 2.45) is 0 Å². The molecule has 168 valence electrons. The van der Waals surface area contributed by atoms with Crippen LogP contribution in [0.2, 0.25) is 5.02 Å². The summed E-state index contributed by atoms with van der Waals surface area (Å²) in [6.07, 6.45) is 1.75. The maximum Gasteiger partial charge on any atom is 0.239 e. The summed E-state index contributed by atoms with van der Waals surface area (Å²) in [6, 6.07) is 11.2. The van der Waals surface area contributed by atoms with Gasteiger partial charge in [-0.1, -0.05) is 35.5 Å². The molecule has 0 aliphatic carbocycles. The van der Waals surface area contributed by atoms with E-state index in [0.29, 0.717) is 35.6 Å². The average molecular weight is 490 g/mol. The zero-order valence-corrected chi connectivity index (χ0v) is 20.1. The number of thioether (sulfide) groups is 1. The monoisotopic (exact) mass is 489 g/mol. The lowest BCUT2D eigenvalue weighted by Crippen LogP contribution is -2.41. The number of likely N-dealkylation sites (N-methyl/N-ethyl adjacent to an activating group) is 1. The van der Waals surface area contributed by atoms with Gasteiger partial charge in [0.05, 0.1) is 18.8 Å². The van der Waals surface area contributed by atoms with E-state index in [1.807, 2.05) is 41.1 Å². The normalized spacial score (nSPS) is 10.7. The van der Waals surface area contributed by atoms with Crippen LogP contribution in [0, 0.1) is 0 Å². The zero-order chi connectivity index (χ0) is 22.9. The van der Waals surface area contributed by atoms with E-state index in [1.165, 1.54) is 16.7 Å². The van der Waals surface area contributed by atoms with Gasteiger partial charge in [0.15, 0.2) is 11.0 Å². The number of allylic oxidation sites excluding steroid dienone is 1. The molecule has 3 rings (SSSR count). The number of thiophene rings is 1. The first-order valence-electron chi connectivity index (χ1n) is 10.0. The van der Waals surface area contributed by atoms with Crippen molar-refractivity contribution in [1.29, 1.82) is 0 Å². The number of amides is 2. The summed E-state index contributed by atoms with van der Waals surface area (Å²) in [5, 5.41) is 14.6. The van der Waals surface area contributed by atoms with Gasteiger partial charge in [-0.15, -0.1) is 28.1 Å². The second-order valence-electron chi connectivity index (χ2n) is 6.77. The summed E-state index contributed by atoms with van der Waals surface area (Å²) in [5.41, 5.74) is 0.875. The predicted molar refractivity (Wildman–Crippen MR) is 130 cm³/mol. The smallest absolute Gasteiger partial charge is 0.239 e. The van der Waals surface area contributed by atoms with E-state index in [9.17, 15) is 9.59 Å². The topological polar surface area (TPSA) is 80.1 Å². The third kappa shape index (κ3) is 6.44. The van der Waals surface area contributed by atoms with Gasteiger partial charge in [0.2, 0.25) is 11.8 Å². The Labute approximate surface area is 200 Å². The maximum atomic E-state index is 12.7. The molecule has 0 unspecified atom stereocenters. The molecule has 7 nitrogen and oxygen atoms in total. The van der Waals surface area contributed by atoms with E-state index < -0.39 is 0 Å². The van der Waals surface area contributed by atoms with E-state index in [4.69, 9.17) is 11.6 Å². The van der Waals surface area contributed by atoms with Crippen molar-refractivity contribution < 1.29 is 9.59 Å². The molecule has 0 aliphatic rings. The number of nitrogens with zero attached hydrogens (tertiary/aromatic N) is 4. The first kappa shape index (κ1) is 24.0. The Balaban J connectivity index is 1.60. The Bertz CT molecular complexity index is 1050. The molecule has 0 bridgehead atoms. The van der Waals surface area contributed by atoms with Crippen molar-refractivity contribution in [3.8, 4) is 11.4 Å². The van der Waals surface area contributed by atoms with Crippen LogP contribution in [-0.4, -0.2) is 50.3 Å². The molecule has 0 fully saturated rings. The second-order valence-corrected chi connectivity index (χ2v) is 9.18. The largest absolute Gasteiger partial charge is 0.350 e. The minimum atomic E-state index is -0.182. The molecule has 32 heavy (non-hydrogen) atoms. The zero-order valence-electron chi connectivity index (χ0n) is 17.7. The standard InChI is InChI=1S/C22H24ClN5O2S2/c1-3-11-28-21(16-7-9-17(23)10-8-16)25-26-22(28)32-15-20(30)27(4-2)14-19(29)24-13-18-6-5-12-31-18/h3,5-10,12H,1,4,11,13-15H2,2H3,(H,24,29). The van der Waals surface area contributed by atoms with Crippen LogP contribution >= 0.6 is 34.7 Å². The van der Waals surface area contributed by atoms with Crippen molar-refractivity contribution in [2.75, 3.05) is 18.8 Å². The third-order valence-corrected chi connectivity index (χ3v) is 6.64. The molecule has 10 heteroatoms. The Morgan fingerprint density at radius 2 is 2.06 bits per heavy atom. The maximum absolute atomic E-state index is 12.7. The molecule has 1 N–H and O–H groups in total. The molecular weight excluding hydrogens is 466 g/mol. The Morgan fingerprint density at radius 1 is 1.28 bits per heavy atom. The molecule has 0 aliphatic heterocycles. The van der Waals surface area contributed by atoms with E-state index >= 15 is 0 Å². The highest BCUT2D eigenvalue weighted by Gasteiger charge is 2.19. The molecule has 0 saturated heterocycles. The fourth-order valence-electron chi connectivity index (χ4n) is 2.92. The predicted octanol–water partition coefficient (Wildman–Crippen LogP) is 4.10. The first-order chi connectivity index (χ1) is 15.5. The summed E-state index contributed by atoms with van der Waals surface area (Å²) in [6.45, 7) is 7.10. The lowest BCUT2D eigenvalue weighted by Gasteiger charge is -2.20. The highest BCUT2D eigenvalue weighted by atomic mass is 35.5. The quantitative estimate of drug-likeness (QED) is 0.324. The second kappa shape index (κ2) is 11.8. The minimum absolute atomic E-state index is 0.0244. The van der Waals surface area contributed by atoms with Gasteiger partial charge in [0, 0.05) is 28.6 Å². The van der Waals surface area contributed by atoms with Gasteiger partial charge in [0.1, 0.15) is 0 Å². The van der Waals surface area contributed by atoms with E-state index in [0.717, 1.165) is 10.4 Å². The summed E-state index contributed by atoms with van der Waals surface area (Å²) in [7, 11) is 0. The molecule has 2 aromatic heterocycles. The fraction of sp³-hybridized carbons (Fsp3) is 0.273. The van der Waals surface area contributed by atoms with Crippen molar-refractivity contribution in [3.63, 3.8) is 0 Å². The molecule has 2 heterocycles. The first-order valence-corrected chi connectivity index (χ1v) is 12.3. The van der Waals surface area contributed by atoms with Crippen molar-refractivity contribution in [1.82, 2.24) is 25.0 Å². The number of rotatable bonds is 11. The van der Waals surface area contributed by atoms with E-state index in [2.05, 4.69) is 22.1 Å². The molecule has 0 atom stereocenters. The van der Waals surface area contributed by atoms with Crippen molar-refractivity contribution >= 4 is 46.5 Å². The van der Waals surface area contributed by atoms with Gasteiger partial charge in [-0.2, -0.15) is 0 Å². The highest BCUT2D eigenvalue weighted by Crippen LogP contribution is 2.25. The van der Waals surface area contributed by atoms with Gasteiger partial charge >= 0.3 is 0 Å². The Kier molecular flexibility index (Phi) is 8.90. The number of carbonyl (C=O) groups is 2. The average Bonchev–Trinajstić information content (AvgIpc) is 3.45. The molecular formula is C22H24ClN5O2S2. The van der Waals surface area contributed by atoms with Crippen LogP contribution in [0.5, 0.6) is 0 Å². The van der Waals surface area contributed by atoms with Crippen LogP contribution in [-0.2, 0) is 22.7 Å². The lowest BCUT2D eigenvalue weighted by atomic mass is 10.2. The number of halogens is 1. The summed E-state index contributed by atoms with van der Waals surface area (Å²) in [5.74, 6) is 0.516. The number of hydrogen-bond acceptors (Lipinski definition) is 6. The summed E-state index contributed by atoms with van der Waals surface area (Å²) in [4.78, 5) is 27.6. The summed E-state index contributed by atoms with van der Waals surface area (Å²) >= 11 is 8.85. The number of carbonyl (C=O) groups excluding carboxylic acids is 2. The molecule has 3 aromatic rings. The fourth-order valence-corrected chi connectivity index (χ4v) is 4.54. The number of nitrogens with one attached hydrogen (secondary N) is 1. The van der Waals surface area contributed by atoms with E-state index in [-0.39, 0.29) is 24.1 Å². The molecule has 2 amide bonds. The highest BCUT2D eigenvalue weighted by molar-refractivity contribution is 7.99. The number of aromatic nitrogens is 3. The Hall–Kier alpha value is -2.62. The van der Waals surface area contributed by atoms with Crippen LogP contribution in [0.3, 0.4) is 0 Å². The molecule has 0 spiro atoms. The van der Waals surface area contributed by atoms with Crippen LogP contribution in [0.15, 0.2) is 59.6 Å². The van der Waals surface area contributed by atoms with Gasteiger partial charge in [-0.3, -0.25) is 14.2 Å². The van der Waals surface area contributed by atoms with Crippen LogP contribution in [0.4, 0.5) is 0 Å². The molecule has 0 saturated carbocycles. The lowest BCUT2D eigenvalue weighted by molar-refractivity contribution is -0.133. The van der Waals surface area contributed by atoms with Crippen LogP contribution in [0.25, 0.3) is 11.4 Å². The molecule has 0 radical (unpaired) electrons. The van der Waals surface area contributed by atoms with Gasteiger partial charge in [-0.05, 0) is 42.6 Å².